The zero-order chi connectivity index (χ0) is 17.4. The average molecular weight is 346 g/mol. The van der Waals surface area contributed by atoms with Crippen molar-refractivity contribution in [2.45, 2.75) is 53.0 Å². The molecular weight excluding hydrogens is 318 g/mol. The Morgan fingerprint density at radius 2 is 1.92 bits per heavy atom. The van der Waals surface area contributed by atoms with E-state index in [2.05, 4.69) is 53.2 Å². The summed E-state index contributed by atoms with van der Waals surface area (Å²) in [5.41, 5.74) is 3.18. The lowest BCUT2D eigenvalue weighted by Gasteiger charge is -2.08. The van der Waals surface area contributed by atoms with Crippen LogP contribution < -0.4 is 10.1 Å². The number of unbranched alkanes of at least 4 members (excludes halogenated alkanes) is 2. The van der Waals surface area contributed by atoms with E-state index in [-0.39, 0.29) is 5.91 Å². The van der Waals surface area contributed by atoms with E-state index in [9.17, 15) is 4.79 Å². The monoisotopic (exact) mass is 345 g/mol. The molecule has 0 aliphatic heterocycles. The van der Waals surface area contributed by atoms with Crippen molar-refractivity contribution in [3.8, 4) is 11.3 Å². The van der Waals surface area contributed by atoms with Crippen LogP contribution in [0, 0.1) is 0 Å². The number of hydrogen-bond acceptors (Lipinski definition) is 3. The SMILES string of the molecule is CCCCCC(=O)Nc1ccc(-c2csc(=NCC)n2CC)cc1. The standard InChI is InChI=1S/C19H27N3OS/c1-4-7-8-9-18(23)21-16-12-10-15(11-13-16)17-14-24-19(20-5-2)22(17)6-3/h10-14H,4-9H2,1-3H3,(H,21,23). The minimum absolute atomic E-state index is 0.0967. The first-order valence-electron chi connectivity index (χ1n) is 8.78. The third-order valence-corrected chi connectivity index (χ3v) is 4.78. The van der Waals surface area contributed by atoms with Crippen molar-refractivity contribution in [1.29, 1.82) is 0 Å². The molecule has 130 valence electrons. The van der Waals surface area contributed by atoms with Gasteiger partial charge in [0.25, 0.3) is 0 Å². The molecule has 2 rings (SSSR count). The molecule has 1 aromatic heterocycles. The Morgan fingerprint density at radius 3 is 2.54 bits per heavy atom. The fourth-order valence-corrected chi connectivity index (χ4v) is 3.65. The highest BCUT2D eigenvalue weighted by Crippen LogP contribution is 2.22. The second kappa shape index (κ2) is 9.42. The summed E-state index contributed by atoms with van der Waals surface area (Å²) < 4.78 is 2.23. The molecule has 0 radical (unpaired) electrons. The number of carbonyl (C=O) groups excluding carboxylic acids is 1. The molecule has 4 nitrogen and oxygen atoms in total. The Bertz CT molecular complexity index is 713. The molecule has 0 fully saturated rings. The maximum absolute atomic E-state index is 11.9. The lowest BCUT2D eigenvalue weighted by atomic mass is 10.1. The van der Waals surface area contributed by atoms with Crippen LogP contribution in [-0.4, -0.2) is 17.0 Å². The molecule has 5 heteroatoms. The van der Waals surface area contributed by atoms with Crippen LogP contribution in [0.25, 0.3) is 11.3 Å². The van der Waals surface area contributed by atoms with Gasteiger partial charge in [-0.1, -0.05) is 31.9 Å². The maximum atomic E-state index is 11.9. The number of aromatic nitrogens is 1. The molecule has 0 aliphatic carbocycles. The predicted molar refractivity (Wildman–Crippen MR) is 102 cm³/mol. The van der Waals surface area contributed by atoms with Gasteiger partial charge in [0.15, 0.2) is 4.80 Å². The number of hydrogen-bond donors (Lipinski definition) is 1. The predicted octanol–water partition coefficient (Wildman–Crippen LogP) is 4.68. The zero-order valence-corrected chi connectivity index (χ0v) is 15.7. The second-order valence-electron chi connectivity index (χ2n) is 5.70. The third-order valence-electron chi connectivity index (χ3n) is 3.88. The van der Waals surface area contributed by atoms with E-state index in [1.165, 1.54) is 5.69 Å². The zero-order valence-electron chi connectivity index (χ0n) is 14.8. The molecule has 0 aliphatic rings. The quantitative estimate of drug-likeness (QED) is 0.694. The Labute approximate surface area is 148 Å². The van der Waals surface area contributed by atoms with Gasteiger partial charge in [0.1, 0.15) is 0 Å². The molecule has 0 saturated carbocycles. The van der Waals surface area contributed by atoms with E-state index < -0.39 is 0 Å². The van der Waals surface area contributed by atoms with Gasteiger partial charge >= 0.3 is 0 Å². The fraction of sp³-hybridized carbons (Fsp3) is 0.474. The first kappa shape index (κ1) is 18.5. The first-order valence-corrected chi connectivity index (χ1v) is 9.66. The van der Waals surface area contributed by atoms with E-state index in [4.69, 9.17) is 0 Å². The smallest absolute Gasteiger partial charge is 0.224 e. The number of nitrogens with one attached hydrogen (secondary N) is 1. The molecule has 1 heterocycles. The summed E-state index contributed by atoms with van der Waals surface area (Å²) >= 11 is 1.67. The number of anilines is 1. The first-order chi connectivity index (χ1) is 11.7. The molecule has 2 aromatic rings. The van der Waals surface area contributed by atoms with Gasteiger partial charge in [-0.25, -0.2) is 0 Å². The molecule has 0 unspecified atom stereocenters. The molecule has 1 aromatic carbocycles. The van der Waals surface area contributed by atoms with Crippen LogP contribution in [0.1, 0.15) is 46.5 Å². The van der Waals surface area contributed by atoms with Crippen molar-refractivity contribution in [2.24, 2.45) is 4.99 Å². The third kappa shape index (κ3) is 4.81. The minimum atomic E-state index is 0.0967. The van der Waals surface area contributed by atoms with Gasteiger partial charge in [0.2, 0.25) is 5.91 Å². The number of rotatable bonds is 8. The van der Waals surface area contributed by atoms with Crippen molar-refractivity contribution in [3.63, 3.8) is 0 Å². The fourth-order valence-electron chi connectivity index (χ4n) is 2.61. The Hall–Kier alpha value is -1.88. The molecular formula is C19H27N3OS. The highest BCUT2D eigenvalue weighted by atomic mass is 32.1. The van der Waals surface area contributed by atoms with Crippen molar-refractivity contribution < 1.29 is 4.79 Å². The Balaban J connectivity index is 2.10. The molecule has 1 N–H and O–H groups in total. The topological polar surface area (TPSA) is 46.4 Å². The van der Waals surface area contributed by atoms with Gasteiger partial charge in [-0.15, -0.1) is 11.3 Å². The summed E-state index contributed by atoms with van der Waals surface area (Å²) in [6, 6.07) is 8.07. The number of amides is 1. The van der Waals surface area contributed by atoms with E-state index in [0.717, 1.165) is 48.4 Å². The largest absolute Gasteiger partial charge is 0.326 e. The summed E-state index contributed by atoms with van der Waals surface area (Å²) in [6.07, 6.45) is 3.78. The molecule has 0 spiro atoms. The van der Waals surface area contributed by atoms with Crippen molar-refractivity contribution in [2.75, 3.05) is 11.9 Å². The highest BCUT2D eigenvalue weighted by Gasteiger charge is 2.07. The van der Waals surface area contributed by atoms with Crippen LogP contribution in [0.3, 0.4) is 0 Å². The van der Waals surface area contributed by atoms with Gasteiger partial charge in [-0.2, -0.15) is 0 Å². The number of benzene rings is 1. The minimum Gasteiger partial charge on any atom is -0.326 e. The summed E-state index contributed by atoms with van der Waals surface area (Å²) in [4.78, 5) is 17.5. The normalized spacial score (nSPS) is 11.7. The lowest BCUT2D eigenvalue weighted by Crippen LogP contribution is -2.15. The molecule has 1 amide bonds. The molecule has 0 bridgehead atoms. The summed E-state index contributed by atoms with van der Waals surface area (Å²) in [5.74, 6) is 0.0967. The highest BCUT2D eigenvalue weighted by molar-refractivity contribution is 7.07. The maximum Gasteiger partial charge on any atom is 0.224 e. The van der Waals surface area contributed by atoms with Crippen LogP contribution >= 0.6 is 11.3 Å². The van der Waals surface area contributed by atoms with E-state index >= 15 is 0 Å². The Kier molecular flexibility index (Phi) is 7.25. The summed E-state index contributed by atoms with van der Waals surface area (Å²) in [5, 5.41) is 5.12. The van der Waals surface area contributed by atoms with Crippen molar-refractivity contribution >= 4 is 22.9 Å². The van der Waals surface area contributed by atoms with E-state index in [1.54, 1.807) is 11.3 Å². The van der Waals surface area contributed by atoms with Gasteiger partial charge in [0, 0.05) is 30.6 Å². The molecule has 0 atom stereocenters. The van der Waals surface area contributed by atoms with Crippen molar-refractivity contribution in [3.05, 3.63) is 34.4 Å². The number of thiazole rings is 1. The Morgan fingerprint density at radius 1 is 1.17 bits per heavy atom. The lowest BCUT2D eigenvalue weighted by molar-refractivity contribution is -0.116. The van der Waals surface area contributed by atoms with Gasteiger partial charge in [-0.3, -0.25) is 9.79 Å². The second-order valence-corrected chi connectivity index (χ2v) is 6.54. The number of carbonyl (C=O) groups is 1. The van der Waals surface area contributed by atoms with Gasteiger partial charge < -0.3 is 9.88 Å². The van der Waals surface area contributed by atoms with Gasteiger partial charge in [-0.05, 0) is 38.0 Å². The average Bonchev–Trinajstić information content (AvgIpc) is 2.99. The van der Waals surface area contributed by atoms with Crippen LogP contribution in [0.5, 0.6) is 0 Å². The summed E-state index contributed by atoms with van der Waals surface area (Å²) in [7, 11) is 0. The van der Waals surface area contributed by atoms with Gasteiger partial charge in [0.05, 0.1) is 5.69 Å². The van der Waals surface area contributed by atoms with Crippen LogP contribution in [0.2, 0.25) is 0 Å². The summed E-state index contributed by atoms with van der Waals surface area (Å²) in [6.45, 7) is 8.02. The van der Waals surface area contributed by atoms with E-state index in [0.29, 0.717) is 6.42 Å². The number of nitrogens with zero attached hydrogens (tertiary/aromatic N) is 2. The van der Waals surface area contributed by atoms with Crippen LogP contribution in [0.4, 0.5) is 5.69 Å². The molecule has 24 heavy (non-hydrogen) atoms. The molecule has 0 saturated heterocycles. The van der Waals surface area contributed by atoms with Crippen molar-refractivity contribution in [1.82, 2.24) is 4.57 Å². The van der Waals surface area contributed by atoms with Crippen LogP contribution in [0.15, 0.2) is 34.6 Å². The van der Waals surface area contributed by atoms with Crippen LogP contribution in [-0.2, 0) is 11.3 Å². The van der Waals surface area contributed by atoms with E-state index in [1.807, 2.05) is 12.1 Å².